The van der Waals surface area contributed by atoms with Crippen LogP contribution in [0.1, 0.15) is 206 Å². The van der Waals surface area contributed by atoms with Crippen molar-refractivity contribution in [3.05, 3.63) is 0 Å². The van der Waals surface area contributed by atoms with Crippen LogP contribution in [0, 0.1) is 5.41 Å². The normalized spacial score (nSPS) is 12.2. The standard InChI is InChI=1S/C39H82O8P2/c1-3-5-7-9-11-13-15-17-19-21-23-25-27-29-31-33-44-35-39(37-46-48(40)41,38-47-49(42)43)36-45-34-32-30-28-26-24-22-20-18-16-14-12-10-8-6-4-2/h40-43H,3-38H2,1-2H3. The number of unbranched alkanes of at least 4 members (excludes halogenated alkanes) is 28. The lowest BCUT2D eigenvalue weighted by atomic mass is 9.92. The molecule has 0 aliphatic rings. The average Bonchev–Trinajstić information content (AvgIpc) is 3.08. The summed E-state index contributed by atoms with van der Waals surface area (Å²) >= 11 is 0. The van der Waals surface area contributed by atoms with E-state index in [2.05, 4.69) is 13.8 Å². The lowest BCUT2D eigenvalue weighted by molar-refractivity contribution is -0.0703. The maximum Gasteiger partial charge on any atom is 0.327 e. The Balaban J connectivity index is 4.09. The average molecular weight is 741 g/mol. The molecule has 0 aromatic heterocycles. The molecule has 0 unspecified atom stereocenters. The summed E-state index contributed by atoms with van der Waals surface area (Å²) in [6.45, 7) is 6.02. The molecule has 8 nitrogen and oxygen atoms in total. The van der Waals surface area contributed by atoms with Crippen molar-refractivity contribution in [3.8, 4) is 0 Å². The Morgan fingerprint density at radius 2 is 0.551 bits per heavy atom. The van der Waals surface area contributed by atoms with Gasteiger partial charge in [0.15, 0.2) is 0 Å². The van der Waals surface area contributed by atoms with E-state index in [1.165, 1.54) is 167 Å². The van der Waals surface area contributed by atoms with Crippen LogP contribution in [0.3, 0.4) is 0 Å². The molecule has 49 heavy (non-hydrogen) atoms. The first-order valence-corrected chi connectivity index (χ1v) is 23.1. The minimum Gasteiger partial charge on any atom is -0.381 e. The Morgan fingerprint density at radius 1 is 0.327 bits per heavy atom. The first kappa shape index (κ1) is 49.5. The minimum atomic E-state index is -2.56. The van der Waals surface area contributed by atoms with Gasteiger partial charge in [-0.05, 0) is 12.8 Å². The van der Waals surface area contributed by atoms with Crippen LogP contribution >= 0.6 is 17.2 Å². The molecule has 0 radical (unpaired) electrons. The third-order valence-corrected chi connectivity index (χ3v) is 10.3. The molecule has 4 N–H and O–H groups in total. The molecule has 0 rings (SSSR count). The van der Waals surface area contributed by atoms with Gasteiger partial charge in [0.05, 0.1) is 31.8 Å². The van der Waals surface area contributed by atoms with Crippen molar-refractivity contribution < 1.29 is 38.1 Å². The van der Waals surface area contributed by atoms with Crippen LogP contribution in [0.15, 0.2) is 0 Å². The van der Waals surface area contributed by atoms with E-state index < -0.39 is 22.6 Å². The van der Waals surface area contributed by atoms with Crippen LogP contribution in [0.4, 0.5) is 0 Å². The van der Waals surface area contributed by atoms with Crippen molar-refractivity contribution in [3.63, 3.8) is 0 Å². The van der Waals surface area contributed by atoms with Gasteiger partial charge in [0.1, 0.15) is 0 Å². The fourth-order valence-corrected chi connectivity index (χ4v) is 7.15. The van der Waals surface area contributed by atoms with Gasteiger partial charge in [-0.25, -0.2) is 0 Å². The monoisotopic (exact) mass is 741 g/mol. The summed E-state index contributed by atoms with van der Waals surface area (Å²) in [4.78, 5) is 37.7. The predicted octanol–water partition coefficient (Wildman–Crippen LogP) is 12.2. The predicted molar refractivity (Wildman–Crippen MR) is 209 cm³/mol. The topological polar surface area (TPSA) is 118 Å². The molecule has 296 valence electrons. The van der Waals surface area contributed by atoms with Crippen molar-refractivity contribution in [2.75, 3.05) is 39.6 Å². The molecule has 0 aromatic carbocycles. The SMILES string of the molecule is CCCCCCCCCCCCCCCCCOCC(COCCCCCCCCCCCCCCCCC)(COP(O)O)COP(O)O. The second kappa shape index (κ2) is 39.7. The summed E-state index contributed by atoms with van der Waals surface area (Å²) in [5.41, 5.74) is -0.858. The van der Waals surface area contributed by atoms with Crippen LogP contribution in [0.25, 0.3) is 0 Å². The van der Waals surface area contributed by atoms with Crippen molar-refractivity contribution in [2.24, 2.45) is 5.41 Å². The third-order valence-electron chi connectivity index (χ3n) is 9.57. The number of hydrogen-bond acceptors (Lipinski definition) is 8. The highest BCUT2D eigenvalue weighted by Crippen LogP contribution is 2.34. The Bertz CT molecular complexity index is 578. The fourth-order valence-electron chi connectivity index (χ4n) is 6.37. The van der Waals surface area contributed by atoms with Gasteiger partial charge >= 0.3 is 17.2 Å². The Hall–Kier alpha value is 0.540. The van der Waals surface area contributed by atoms with Gasteiger partial charge in [-0.1, -0.05) is 194 Å². The van der Waals surface area contributed by atoms with Crippen LogP contribution < -0.4 is 0 Å². The molecular weight excluding hydrogens is 658 g/mol. The summed E-state index contributed by atoms with van der Waals surface area (Å²) in [5, 5.41) is 0. The zero-order valence-corrected chi connectivity index (χ0v) is 34.1. The lowest BCUT2D eigenvalue weighted by Crippen LogP contribution is -2.41. The van der Waals surface area contributed by atoms with E-state index in [1.54, 1.807) is 0 Å². The molecule has 0 aliphatic carbocycles. The lowest BCUT2D eigenvalue weighted by Gasteiger charge is -2.32. The summed E-state index contributed by atoms with van der Waals surface area (Å²) < 4.78 is 22.4. The molecule has 0 spiro atoms. The first-order valence-electron chi connectivity index (χ1n) is 20.7. The zero-order valence-electron chi connectivity index (χ0n) is 32.3. The van der Waals surface area contributed by atoms with Crippen LogP contribution in [0.5, 0.6) is 0 Å². The van der Waals surface area contributed by atoms with Crippen LogP contribution in [0.2, 0.25) is 0 Å². The van der Waals surface area contributed by atoms with Gasteiger partial charge < -0.3 is 38.1 Å². The van der Waals surface area contributed by atoms with E-state index in [-0.39, 0.29) is 26.4 Å². The van der Waals surface area contributed by atoms with E-state index >= 15 is 0 Å². The summed E-state index contributed by atoms with van der Waals surface area (Å²) in [6.07, 6.45) is 39.3. The molecule has 0 amide bonds. The Labute approximate surface area is 306 Å². The molecule has 0 saturated heterocycles. The Kier molecular flexibility index (Phi) is 40.2. The van der Waals surface area contributed by atoms with E-state index in [9.17, 15) is 19.6 Å². The maximum absolute atomic E-state index is 9.41. The molecule has 0 heterocycles. The van der Waals surface area contributed by atoms with Crippen molar-refractivity contribution >= 4 is 17.2 Å². The molecule has 0 atom stereocenters. The highest BCUT2D eigenvalue weighted by Gasteiger charge is 2.34. The molecule has 0 saturated carbocycles. The fraction of sp³-hybridized carbons (Fsp3) is 1.00. The second-order valence-corrected chi connectivity index (χ2v) is 16.1. The number of rotatable bonds is 42. The third kappa shape index (κ3) is 38.1. The van der Waals surface area contributed by atoms with E-state index in [1.807, 2.05) is 0 Å². The highest BCUT2D eigenvalue weighted by molar-refractivity contribution is 7.39. The zero-order chi connectivity index (χ0) is 35.9. The van der Waals surface area contributed by atoms with Gasteiger partial charge in [0.25, 0.3) is 0 Å². The van der Waals surface area contributed by atoms with E-state index in [0.717, 1.165) is 25.7 Å². The summed E-state index contributed by atoms with van der Waals surface area (Å²) in [7, 11) is -5.11. The van der Waals surface area contributed by atoms with Gasteiger partial charge in [0, 0.05) is 13.2 Å². The molecule has 0 fully saturated rings. The quantitative estimate of drug-likeness (QED) is 0.0361. The van der Waals surface area contributed by atoms with Gasteiger partial charge in [0.2, 0.25) is 0 Å². The van der Waals surface area contributed by atoms with E-state index in [4.69, 9.17) is 18.5 Å². The Morgan fingerprint density at radius 3 is 0.776 bits per heavy atom. The maximum atomic E-state index is 9.41. The molecule has 0 aliphatic heterocycles. The molecule has 0 bridgehead atoms. The number of ether oxygens (including phenoxy) is 2. The van der Waals surface area contributed by atoms with Gasteiger partial charge in [-0.3, -0.25) is 0 Å². The van der Waals surface area contributed by atoms with Crippen molar-refractivity contribution in [1.82, 2.24) is 0 Å². The van der Waals surface area contributed by atoms with Gasteiger partial charge in [-0.2, -0.15) is 0 Å². The number of hydrogen-bond donors (Lipinski definition) is 4. The molecule has 0 aromatic rings. The first-order chi connectivity index (χ1) is 24.0. The van der Waals surface area contributed by atoms with E-state index in [0.29, 0.717) is 13.2 Å². The smallest absolute Gasteiger partial charge is 0.327 e. The van der Waals surface area contributed by atoms with Crippen molar-refractivity contribution in [1.29, 1.82) is 0 Å². The molecule has 10 heteroatoms. The van der Waals surface area contributed by atoms with Crippen molar-refractivity contribution in [2.45, 2.75) is 206 Å². The second-order valence-electron chi connectivity index (χ2n) is 14.6. The minimum absolute atomic E-state index is 0.0629. The van der Waals surface area contributed by atoms with Crippen LogP contribution in [-0.2, 0) is 18.5 Å². The summed E-state index contributed by atoms with van der Waals surface area (Å²) in [5.74, 6) is 0. The molecular formula is C39H82O8P2. The van der Waals surface area contributed by atoms with Crippen LogP contribution in [-0.4, -0.2) is 59.2 Å². The van der Waals surface area contributed by atoms with Gasteiger partial charge in [-0.15, -0.1) is 0 Å². The highest BCUT2D eigenvalue weighted by atomic mass is 31.2. The summed E-state index contributed by atoms with van der Waals surface area (Å²) in [6, 6.07) is 0. The largest absolute Gasteiger partial charge is 0.381 e.